The van der Waals surface area contributed by atoms with E-state index < -0.39 is 28.1 Å². The molecule has 0 spiro atoms. The third kappa shape index (κ3) is 5.43. The molecule has 0 aliphatic rings. The van der Waals surface area contributed by atoms with Crippen molar-refractivity contribution in [2.75, 3.05) is 6.26 Å². The van der Waals surface area contributed by atoms with Crippen LogP contribution in [0.25, 0.3) is 0 Å². The minimum atomic E-state index is -3.39. The smallest absolute Gasteiger partial charge is 0.209 e. The summed E-state index contributed by atoms with van der Waals surface area (Å²) in [6.07, 6.45) is 6.14. The Kier molecular flexibility index (Phi) is 5.55. The molecule has 0 saturated heterocycles. The lowest BCUT2D eigenvalue weighted by Crippen LogP contribution is -2.44. The zero-order valence-corrected chi connectivity index (χ0v) is 11.9. The molecule has 0 radical (unpaired) electrons. The maximum Gasteiger partial charge on any atom is 0.209 e. The van der Waals surface area contributed by atoms with Gasteiger partial charge in [0.05, 0.1) is 18.3 Å². The summed E-state index contributed by atoms with van der Waals surface area (Å²) < 4.78 is 25.3. The first-order chi connectivity index (χ1) is 8.83. The van der Waals surface area contributed by atoms with Gasteiger partial charge >= 0.3 is 0 Å². The van der Waals surface area contributed by atoms with Gasteiger partial charge in [0.1, 0.15) is 0 Å². The maximum absolute atomic E-state index is 11.4. The Morgan fingerprint density at radius 1 is 1.37 bits per heavy atom. The quantitative estimate of drug-likeness (QED) is 0.757. The van der Waals surface area contributed by atoms with Crippen LogP contribution >= 0.6 is 0 Å². The molecule has 0 amide bonds. The number of sulfonamides is 1. The topological polar surface area (TPSA) is 66.4 Å². The Balaban J connectivity index is 2.96. The Morgan fingerprint density at radius 2 is 1.95 bits per heavy atom. The zero-order chi connectivity index (χ0) is 14.5. The first kappa shape index (κ1) is 15.7. The fourth-order valence-electron chi connectivity index (χ4n) is 1.98. The Morgan fingerprint density at radius 3 is 2.37 bits per heavy atom. The summed E-state index contributed by atoms with van der Waals surface area (Å²) in [7, 11) is -3.39. The van der Waals surface area contributed by atoms with E-state index in [1.54, 1.807) is 6.92 Å². The average molecular weight is 281 g/mol. The van der Waals surface area contributed by atoms with Gasteiger partial charge in [-0.05, 0) is 18.9 Å². The Bertz CT molecular complexity index is 532. The highest BCUT2D eigenvalue weighted by molar-refractivity contribution is 7.88. The van der Waals surface area contributed by atoms with Crippen molar-refractivity contribution in [2.24, 2.45) is 5.92 Å². The maximum atomic E-state index is 11.4. The van der Waals surface area contributed by atoms with Gasteiger partial charge in [-0.2, -0.15) is 0 Å². The molecule has 0 saturated carbocycles. The van der Waals surface area contributed by atoms with Crippen LogP contribution in [0, 0.1) is 18.3 Å². The van der Waals surface area contributed by atoms with Crippen LogP contribution in [0.1, 0.15) is 12.5 Å². The minimum absolute atomic E-state index is 0.438. The number of benzene rings is 1. The number of hydrogen-bond donors (Lipinski definition) is 2. The van der Waals surface area contributed by atoms with E-state index in [0.29, 0.717) is 6.42 Å². The molecule has 4 nitrogen and oxygen atoms in total. The van der Waals surface area contributed by atoms with Crippen LogP contribution in [0.3, 0.4) is 0 Å². The van der Waals surface area contributed by atoms with Crippen LogP contribution in [-0.4, -0.2) is 31.9 Å². The van der Waals surface area contributed by atoms with Crippen molar-refractivity contribution in [1.82, 2.24) is 4.72 Å². The lowest BCUT2D eigenvalue weighted by atomic mass is 9.91. The predicted octanol–water partition coefficient (Wildman–Crippen LogP) is 0.777. The molecular weight excluding hydrogens is 262 g/mol. The molecule has 0 unspecified atom stereocenters. The van der Waals surface area contributed by atoms with E-state index in [1.807, 2.05) is 30.3 Å². The van der Waals surface area contributed by atoms with Gasteiger partial charge in [-0.25, -0.2) is 13.1 Å². The molecule has 0 fully saturated rings. The van der Waals surface area contributed by atoms with E-state index in [2.05, 4.69) is 10.6 Å². The molecule has 1 rings (SSSR count). The summed E-state index contributed by atoms with van der Waals surface area (Å²) in [6.45, 7) is 1.56. The number of hydrogen-bond acceptors (Lipinski definition) is 3. The summed E-state index contributed by atoms with van der Waals surface area (Å²) in [5, 5.41) is 9.68. The van der Waals surface area contributed by atoms with E-state index in [1.165, 1.54) is 0 Å². The van der Waals surface area contributed by atoms with E-state index in [-0.39, 0.29) is 0 Å². The molecule has 0 heterocycles. The first-order valence-corrected chi connectivity index (χ1v) is 7.88. The van der Waals surface area contributed by atoms with Gasteiger partial charge < -0.3 is 5.11 Å². The molecule has 1 aromatic carbocycles. The van der Waals surface area contributed by atoms with Crippen LogP contribution in [-0.2, 0) is 16.4 Å². The zero-order valence-electron chi connectivity index (χ0n) is 11.1. The van der Waals surface area contributed by atoms with E-state index in [0.717, 1.165) is 11.8 Å². The number of terminal acetylenes is 1. The van der Waals surface area contributed by atoms with Crippen molar-refractivity contribution >= 4 is 10.0 Å². The summed E-state index contributed by atoms with van der Waals surface area (Å²) in [4.78, 5) is 0. The van der Waals surface area contributed by atoms with Gasteiger partial charge in [-0.1, -0.05) is 36.3 Å². The molecule has 19 heavy (non-hydrogen) atoms. The summed E-state index contributed by atoms with van der Waals surface area (Å²) in [6, 6.07) is 8.90. The molecule has 3 atom stereocenters. The van der Waals surface area contributed by atoms with Gasteiger partial charge in [0.2, 0.25) is 10.0 Å². The second kappa shape index (κ2) is 6.71. The number of aliphatic hydroxyl groups is 1. The normalized spacial score (nSPS) is 16.3. The highest BCUT2D eigenvalue weighted by Crippen LogP contribution is 2.15. The Hall–Kier alpha value is -1.35. The fraction of sp³-hybridized carbons (Fsp3) is 0.429. The van der Waals surface area contributed by atoms with Crippen molar-refractivity contribution in [1.29, 1.82) is 0 Å². The van der Waals surface area contributed by atoms with Crippen molar-refractivity contribution < 1.29 is 13.5 Å². The molecule has 0 aliphatic heterocycles. The number of aliphatic hydroxyl groups excluding tert-OH is 1. The summed E-state index contributed by atoms with van der Waals surface area (Å²) >= 11 is 0. The predicted molar refractivity (Wildman–Crippen MR) is 75.9 cm³/mol. The van der Waals surface area contributed by atoms with Crippen molar-refractivity contribution in [2.45, 2.75) is 25.5 Å². The van der Waals surface area contributed by atoms with Gasteiger partial charge in [-0.15, -0.1) is 6.42 Å². The second-order valence-electron chi connectivity index (χ2n) is 4.62. The average Bonchev–Trinajstić information content (AvgIpc) is 2.28. The highest BCUT2D eigenvalue weighted by Gasteiger charge is 2.26. The van der Waals surface area contributed by atoms with Crippen LogP contribution in [0.15, 0.2) is 30.3 Å². The minimum Gasteiger partial charge on any atom is -0.392 e. The van der Waals surface area contributed by atoms with Crippen molar-refractivity contribution in [3.05, 3.63) is 35.9 Å². The lowest BCUT2D eigenvalue weighted by Gasteiger charge is -2.25. The molecule has 1 aromatic rings. The molecule has 104 valence electrons. The second-order valence-corrected chi connectivity index (χ2v) is 6.40. The fourth-order valence-corrected chi connectivity index (χ4v) is 2.76. The van der Waals surface area contributed by atoms with E-state index in [9.17, 15) is 13.5 Å². The van der Waals surface area contributed by atoms with Gasteiger partial charge in [0, 0.05) is 6.04 Å². The SMILES string of the molecule is C#C[C@H]([C@H](C)O)[C@H](Cc1ccccc1)NS(C)(=O)=O. The summed E-state index contributed by atoms with van der Waals surface area (Å²) in [5.41, 5.74) is 0.963. The first-order valence-electron chi connectivity index (χ1n) is 5.99. The highest BCUT2D eigenvalue weighted by atomic mass is 32.2. The molecule has 0 aliphatic carbocycles. The third-order valence-electron chi connectivity index (χ3n) is 2.81. The van der Waals surface area contributed by atoms with Crippen LogP contribution in [0.2, 0.25) is 0 Å². The van der Waals surface area contributed by atoms with Gasteiger partial charge in [0.15, 0.2) is 0 Å². The lowest BCUT2D eigenvalue weighted by molar-refractivity contribution is 0.136. The van der Waals surface area contributed by atoms with Crippen LogP contribution < -0.4 is 4.72 Å². The van der Waals surface area contributed by atoms with Gasteiger partial charge in [-0.3, -0.25) is 0 Å². The van der Waals surface area contributed by atoms with E-state index in [4.69, 9.17) is 6.42 Å². The van der Waals surface area contributed by atoms with Crippen molar-refractivity contribution in [3.63, 3.8) is 0 Å². The number of nitrogens with one attached hydrogen (secondary N) is 1. The largest absolute Gasteiger partial charge is 0.392 e. The standard InChI is InChI=1S/C14H19NO3S/c1-4-13(11(2)16)14(15-19(3,17)18)10-12-8-6-5-7-9-12/h1,5-9,11,13-16H,10H2,2-3H3/t11-,13+,14-/m0/s1. The molecule has 0 bridgehead atoms. The summed E-state index contributed by atoms with van der Waals surface area (Å²) in [5.74, 6) is 1.89. The van der Waals surface area contributed by atoms with Crippen molar-refractivity contribution in [3.8, 4) is 12.3 Å². The van der Waals surface area contributed by atoms with Crippen LogP contribution in [0.4, 0.5) is 0 Å². The molecule has 5 heteroatoms. The Labute approximate surface area is 114 Å². The monoisotopic (exact) mass is 281 g/mol. The van der Waals surface area contributed by atoms with Gasteiger partial charge in [0.25, 0.3) is 0 Å². The van der Waals surface area contributed by atoms with E-state index >= 15 is 0 Å². The molecule has 2 N–H and O–H groups in total. The molecular formula is C14H19NO3S. The third-order valence-corrected chi connectivity index (χ3v) is 3.54. The molecule has 0 aromatic heterocycles. The van der Waals surface area contributed by atoms with Crippen LogP contribution in [0.5, 0.6) is 0 Å². The number of rotatable bonds is 6.